The Morgan fingerprint density at radius 1 is 1.40 bits per heavy atom. The van der Waals surface area contributed by atoms with Crippen molar-refractivity contribution in [3.8, 4) is 0 Å². The van der Waals surface area contributed by atoms with Crippen LogP contribution in [0.3, 0.4) is 0 Å². The van der Waals surface area contributed by atoms with E-state index < -0.39 is 5.97 Å². The third kappa shape index (κ3) is 3.58. The predicted octanol–water partition coefficient (Wildman–Crippen LogP) is 2.33. The van der Waals surface area contributed by atoms with Gasteiger partial charge in [0, 0.05) is 19.1 Å². The number of benzene rings is 1. The number of carbonyl (C=O) groups is 1. The van der Waals surface area contributed by atoms with Gasteiger partial charge in [-0.05, 0) is 43.0 Å². The number of likely N-dealkylation sites (tertiary alicyclic amines) is 1. The minimum absolute atomic E-state index is 0.341. The monoisotopic (exact) mass is 276 g/mol. The van der Waals surface area contributed by atoms with Crippen LogP contribution in [-0.2, 0) is 6.54 Å². The highest BCUT2D eigenvalue weighted by atomic mass is 16.4. The lowest BCUT2D eigenvalue weighted by Gasteiger charge is -2.38. The van der Waals surface area contributed by atoms with Crippen LogP contribution >= 0.6 is 0 Å². The molecule has 1 aromatic carbocycles. The Morgan fingerprint density at radius 3 is 2.65 bits per heavy atom. The zero-order valence-corrected chi connectivity index (χ0v) is 12.1. The number of nitrogens with two attached hydrogens (primary N) is 1. The smallest absolute Gasteiger partial charge is 0.335 e. The molecule has 0 aliphatic carbocycles. The predicted molar refractivity (Wildman–Crippen MR) is 79.7 cm³/mol. The standard InChI is InChI=1S/C16H24N2O2/c1-2-12-7-8-18(15(9-12)10-17)11-13-3-5-14(6-4-13)16(19)20/h3-6,12,15H,2,7-11,17H2,1H3,(H,19,20). The molecular formula is C16H24N2O2. The minimum Gasteiger partial charge on any atom is -0.478 e. The summed E-state index contributed by atoms with van der Waals surface area (Å²) >= 11 is 0. The molecule has 1 aromatic rings. The fourth-order valence-electron chi connectivity index (χ4n) is 2.99. The average Bonchev–Trinajstić information content (AvgIpc) is 2.48. The van der Waals surface area contributed by atoms with Crippen LogP contribution in [0, 0.1) is 5.92 Å². The first kappa shape index (κ1) is 15.0. The van der Waals surface area contributed by atoms with Crippen molar-refractivity contribution in [3.63, 3.8) is 0 Å². The molecule has 4 heteroatoms. The number of nitrogens with zero attached hydrogens (tertiary/aromatic N) is 1. The van der Waals surface area contributed by atoms with E-state index in [1.807, 2.05) is 12.1 Å². The molecule has 1 heterocycles. The molecule has 4 nitrogen and oxygen atoms in total. The zero-order chi connectivity index (χ0) is 14.5. The van der Waals surface area contributed by atoms with Crippen molar-refractivity contribution in [2.45, 2.75) is 38.8 Å². The Balaban J connectivity index is 1.99. The fraction of sp³-hybridized carbons (Fsp3) is 0.562. The first-order chi connectivity index (χ1) is 9.63. The molecule has 2 atom stereocenters. The topological polar surface area (TPSA) is 66.6 Å². The lowest BCUT2D eigenvalue weighted by molar-refractivity contribution is 0.0696. The van der Waals surface area contributed by atoms with Crippen LogP contribution in [0.4, 0.5) is 0 Å². The van der Waals surface area contributed by atoms with E-state index in [1.165, 1.54) is 19.3 Å². The maximum Gasteiger partial charge on any atom is 0.335 e. The summed E-state index contributed by atoms with van der Waals surface area (Å²) in [6, 6.07) is 7.61. The van der Waals surface area contributed by atoms with Gasteiger partial charge in [-0.25, -0.2) is 4.79 Å². The second-order valence-electron chi connectivity index (χ2n) is 5.66. The molecule has 0 saturated carbocycles. The van der Waals surface area contributed by atoms with Crippen LogP contribution in [0.2, 0.25) is 0 Å². The van der Waals surface area contributed by atoms with E-state index in [-0.39, 0.29) is 0 Å². The van der Waals surface area contributed by atoms with Crippen LogP contribution in [-0.4, -0.2) is 35.1 Å². The van der Waals surface area contributed by atoms with Crippen LogP contribution in [0.5, 0.6) is 0 Å². The highest BCUT2D eigenvalue weighted by molar-refractivity contribution is 5.87. The second-order valence-corrected chi connectivity index (χ2v) is 5.66. The summed E-state index contributed by atoms with van der Waals surface area (Å²) in [5, 5.41) is 8.91. The lowest BCUT2D eigenvalue weighted by atomic mass is 9.88. The molecular weight excluding hydrogens is 252 g/mol. The third-order valence-corrected chi connectivity index (χ3v) is 4.38. The summed E-state index contributed by atoms with van der Waals surface area (Å²) < 4.78 is 0. The summed E-state index contributed by atoms with van der Waals surface area (Å²) in [7, 11) is 0. The summed E-state index contributed by atoms with van der Waals surface area (Å²) in [4.78, 5) is 13.3. The van der Waals surface area contributed by atoms with Crippen molar-refractivity contribution in [1.29, 1.82) is 0 Å². The first-order valence-corrected chi connectivity index (χ1v) is 7.40. The van der Waals surface area contributed by atoms with Crippen molar-refractivity contribution >= 4 is 5.97 Å². The van der Waals surface area contributed by atoms with E-state index >= 15 is 0 Å². The van der Waals surface area contributed by atoms with Gasteiger partial charge in [0.15, 0.2) is 0 Å². The van der Waals surface area contributed by atoms with E-state index in [2.05, 4.69) is 11.8 Å². The minimum atomic E-state index is -0.875. The molecule has 0 bridgehead atoms. The van der Waals surface area contributed by atoms with Gasteiger partial charge in [0.25, 0.3) is 0 Å². The average molecular weight is 276 g/mol. The molecule has 0 radical (unpaired) electrons. The van der Waals surface area contributed by atoms with Crippen LogP contribution < -0.4 is 5.73 Å². The number of rotatable bonds is 5. The van der Waals surface area contributed by atoms with Gasteiger partial charge >= 0.3 is 5.97 Å². The maximum atomic E-state index is 10.8. The number of carboxylic acid groups (broad SMARTS) is 1. The number of hydrogen-bond donors (Lipinski definition) is 2. The van der Waals surface area contributed by atoms with Crippen molar-refractivity contribution in [3.05, 3.63) is 35.4 Å². The lowest BCUT2D eigenvalue weighted by Crippen LogP contribution is -2.46. The number of aromatic carboxylic acids is 1. The van der Waals surface area contributed by atoms with Crippen LogP contribution in [0.15, 0.2) is 24.3 Å². The molecule has 1 aliphatic heterocycles. The summed E-state index contributed by atoms with van der Waals surface area (Å²) in [5.41, 5.74) is 7.41. The Labute approximate surface area is 120 Å². The summed E-state index contributed by atoms with van der Waals surface area (Å²) in [5.74, 6) is -0.0747. The number of piperidine rings is 1. The third-order valence-electron chi connectivity index (χ3n) is 4.38. The summed E-state index contributed by atoms with van der Waals surface area (Å²) in [6.45, 7) is 4.89. The second kappa shape index (κ2) is 6.86. The van der Waals surface area contributed by atoms with Gasteiger partial charge in [-0.15, -0.1) is 0 Å². The Bertz CT molecular complexity index is 444. The zero-order valence-electron chi connectivity index (χ0n) is 12.1. The largest absolute Gasteiger partial charge is 0.478 e. The van der Waals surface area contributed by atoms with Gasteiger partial charge < -0.3 is 10.8 Å². The van der Waals surface area contributed by atoms with Crippen molar-refractivity contribution in [2.24, 2.45) is 11.7 Å². The van der Waals surface area contributed by atoms with Gasteiger partial charge in [-0.2, -0.15) is 0 Å². The van der Waals surface area contributed by atoms with Gasteiger partial charge in [-0.3, -0.25) is 4.90 Å². The molecule has 1 saturated heterocycles. The Kier molecular flexibility index (Phi) is 5.15. The van der Waals surface area contributed by atoms with Gasteiger partial charge in [0.1, 0.15) is 0 Å². The van der Waals surface area contributed by atoms with Crippen molar-refractivity contribution < 1.29 is 9.90 Å². The van der Waals surface area contributed by atoms with Gasteiger partial charge in [0.2, 0.25) is 0 Å². The number of hydrogen-bond acceptors (Lipinski definition) is 3. The Hall–Kier alpha value is -1.39. The Morgan fingerprint density at radius 2 is 2.10 bits per heavy atom. The molecule has 110 valence electrons. The molecule has 2 rings (SSSR count). The molecule has 3 N–H and O–H groups in total. The van der Waals surface area contributed by atoms with E-state index in [1.54, 1.807) is 12.1 Å². The fourth-order valence-corrected chi connectivity index (χ4v) is 2.99. The highest BCUT2D eigenvalue weighted by Crippen LogP contribution is 2.26. The molecule has 0 spiro atoms. The molecule has 1 fully saturated rings. The van der Waals surface area contributed by atoms with E-state index in [0.717, 1.165) is 24.6 Å². The van der Waals surface area contributed by atoms with E-state index in [9.17, 15) is 4.79 Å². The number of carboxylic acids is 1. The summed E-state index contributed by atoms with van der Waals surface area (Å²) in [6.07, 6.45) is 3.65. The van der Waals surface area contributed by atoms with E-state index in [0.29, 0.717) is 18.2 Å². The van der Waals surface area contributed by atoms with Crippen LogP contribution in [0.1, 0.15) is 42.1 Å². The first-order valence-electron chi connectivity index (χ1n) is 7.40. The molecule has 20 heavy (non-hydrogen) atoms. The quantitative estimate of drug-likeness (QED) is 0.866. The molecule has 2 unspecified atom stereocenters. The van der Waals surface area contributed by atoms with Crippen LogP contribution in [0.25, 0.3) is 0 Å². The maximum absolute atomic E-state index is 10.8. The molecule has 0 amide bonds. The van der Waals surface area contributed by atoms with E-state index in [4.69, 9.17) is 10.8 Å². The SMILES string of the molecule is CCC1CCN(Cc2ccc(C(=O)O)cc2)C(CN)C1. The highest BCUT2D eigenvalue weighted by Gasteiger charge is 2.26. The molecule has 1 aliphatic rings. The van der Waals surface area contributed by atoms with Gasteiger partial charge in [0.05, 0.1) is 5.56 Å². The molecule has 0 aromatic heterocycles. The van der Waals surface area contributed by atoms with Crippen molar-refractivity contribution in [1.82, 2.24) is 4.90 Å². The van der Waals surface area contributed by atoms with Crippen molar-refractivity contribution in [2.75, 3.05) is 13.1 Å². The normalized spacial score (nSPS) is 23.7. The van der Waals surface area contributed by atoms with Gasteiger partial charge in [-0.1, -0.05) is 25.5 Å².